The molecular formula is C14H17FN4O. The van der Waals surface area contributed by atoms with Crippen LogP contribution in [0.3, 0.4) is 0 Å². The van der Waals surface area contributed by atoms with E-state index in [0.29, 0.717) is 36.9 Å². The smallest absolute Gasteiger partial charge is 0.131 e. The molecular weight excluding hydrogens is 259 g/mol. The summed E-state index contributed by atoms with van der Waals surface area (Å²) in [4.78, 5) is 8.19. The van der Waals surface area contributed by atoms with Crippen molar-refractivity contribution in [1.29, 1.82) is 0 Å². The average molecular weight is 276 g/mol. The average Bonchev–Trinajstić information content (AvgIpc) is 2.47. The third-order valence-electron chi connectivity index (χ3n) is 2.70. The number of methoxy groups -OCH3 is 1. The minimum Gasteiger partial charge on any atom is -0.383 e. The first-order valence-electron chi connectivity index (χ1n) is 6.31. The number of anilines is 2. The number of halogens is 1. The van der Waals surface area contributed by atoms with Gasteiger partial charge in [-0.1, -0.05) is 18.2 Å². The Morgan fingerprint density at radius 2 is 1.90 bits per heavy atom. The van der Waals surface area contributed by atoms with Crippen LogP contribution in [0, 0.1) is 5.82 Å². The van der Waals surface area contributed by atoms with E-state index in [-0.39, 0.29) is 5.82 Å². The van der Waals surface area contributed by atoms with Crippen LogP contribution in [0.25, 0.3) is 0 Å². The minimum atomic E-state index is -0.229. The summed E-state index contributed by atoms with van der Waals surface area (Å²) in [5, 5.41) is 6.18. The van der Waals surface area contributed by atoms with Crippen LogP contribution in [0.2, 0.25) is 0 Å². The molecule has 0 aliphatic heterocycles. The Morgan fingerprint density at radius 1 is 1.15 bits per heavy atom. The molecule has 0 saturated heterocycles. The second-order valence-corrected chi connectivity index (χ2v) is 4.15. The van der Waals surface area contributed by atoms with Crippen LogP contribution in [0.15, 0.2) is 36.7 Å². The molecule has 0 amide bonds. The summed E-state index contributed by atoms with van der Waals surface area (Å²) in [6.07, 6.45) is 1.46. The van der Waals surface area contributed by atoms with Gasteiger partial charge in [-0.05, 0) is 6.07 Å². The molecule has 1 heterocycles. The second-order valence-electron chi connectivity index (χ2n) is 4.15. The van der Waals surface area contributed by atoms with Crippen LogP contribution < -0.4 is 10.6 Å². The predicted octanol–water partition coefficient (Wildman–Crippen LogP) is 2.29. The molecule has 2 N–H and O–H groups in total. The highest BCUT2D eigenvalue weighted by Gasteiger charge is 2.02. The standard InChI is InChI=1S/C14H17FN4O/c1-20-7-6-16-13-8-14(19-10-18-13)17-9-11-4-2-3-5-12(11)15/h2-5,8,10H,6-7,9H2,1H3,(H2,16,17,18,19). The van der Waals surface area contributed by atoms with E-state index < -0.39 is 0 Å². The lowest BCUT2D eigenvalue weighted by Gasteiger charge is -2.08. The molecule has 1 aromatic heterocycles. The van der Waals surface area contributed by atoms with Gasteiger partial charge < -0.3 is 15.4 Å². The molecule has 20 heavy (non-hydrogen) atoms. The van der Waals surface area contributed by atoms with Gasteiger partial charge in [-0.25, -0.2) is 14.4 Å². The summed E-state index contributed by atoms with van der Waals surface area (Å²) in [6, 6.07) is 8.42. The summed E-state index contributed by atoms with van der Waals surface area (Å²) < 4.78 is 18.4. The molecule has 106 valence electrons. The second kappa shape index (κ2) is 7.40. The van der Waals surface area contributed by atoms with Crippen molar-refractivity contribution in [1.82, 2.24) is 9.97 Å². The van der Waals surface area contributed by atoms with Gasteiger partial charge in [0.15, 0.2) is 0 Å². The lowest BCUT2D eigenvalue weighted by Crippen LogP contribution is -2.10. The SMILES string of the molecule is COCCNc1cc(NCc2ccccc2F)ncn1. The van der Waals surface area contributed by atoms with Gasteiger partial charge in [-0.15, -0.1) is 0 Å². The van der Waals surface area contributed by atoms with E-state index in [4.69, 9.17) is 4.74 Å². The van der Waals surface area contributed by atoms with Crippen molar-refractivity contribution in [2.75, 3.05) is 30.9 Å². The number of nitrogens with zero attached hydrogens (tertiary/aromatic N) is 2. The topological polar surface area (TPSA) is 59.1 Å². The van der Waals surface area contributed by atoms with E-state index in [1.165, 1.54) is 12.4 Å². The van der Waals surface area contributed by atoms with Crippen molar-refractivity contribution in [2.24, 2.45) is 0 Å². The summed E-state index contributed by atoms with van der Waals surface area (Å²) in [7, 11) is 1.64. The number of rotatable bonds is 7. The van der Waals surface area contributed by atoms with Crippen LogP contribution in [0.5, 0.6) is 0 Å². The summed E-state index contributed by atoms with van der Waals surface area (Å²) in [5.41, 5.74) is 0.597. The van der Waals surface area contributed by atoms with E-state index in [1.807, 2.05) is 0 Å². The Morgan fingerprint density at radius 3 is 2.65 bits per heavy atom. The molecule has 0 fully saturated rings. The molecule has 2 rings (SSSR count). The predicted molar refractivity (Wildman–Crippen MR) is 76.1 cm³/mol. The quantitative estimate of drug-likeness (QED) is 0.760. The van der Waals surface area contributed by atoms with Crippen LogP contribution >= 0.6 is 0 Å². The molecule has 6 heteroatoms. The van der Waals surface area contributed by atoms with Crippen molar-refractivity contribution < 1.29 is 9.13 Å². The monoisotopic (exact) mass is 276 g/mol. The maximum Gasteiger partial charge on any atom is 0.131 e. The zero-order valence-electron chi connectivity index (χ0n) is 11.3. The Balaban J connectivity index is 1.93. The molecule has 5 nitrogen and oxygen atoms in total. The van der Waals surface area contributed by atoms with Crippen molar-refractivity contribution >= 4 is 11.6 Å². The van der Waals surface area contributed by atoms with Crippen molar-refractivity contribution in [2.45, 2.75) is 6.54 Å². The van der Waals surface area contributed by atoms with Crippen LogP contribution in [0.1, 0.15) is 5.56 Å². The fourth-order valence-corrected chi connectivity index (χ4v) is 1.66. The van der Waals surface area contributed by atoms with Crippen molar-refractivity contribution in [3.8, 4) is 0 Å². The number of ether oxygens (including phenoxy) is 1. The Hall–Kier alpha value is -2.21. The molecule has 0 atom stereocenters. The number of aromatic nitrogens is 2. The van der Waals surface area contributed by atoms with Gasteiger partial charge in [0, 0.05) is 31.8 Å². The minimum absolute atomic E-state index is 0.229. The van der Waals surface area contributed by atoms with E-state index >= 15 is 0 Å². The maximum atomic E-state index is 13.5. The molecule has 0 radical (unpaired) electrons. The fraction of sp³-hybridized carbons (Fsp3) is 0.286. The van der Waals surface area contributed by atoms with Gasteiger partial charge in [0.1, 0.15) is 23.8 Å². The maximum absolute atomic E-state index is 13.5. The van der Waals surface area contributed by atoms with E-state index in [1.54, 1.807) is 31.4 Å². The highest BCUT2D eigenvalue weighted by atomic mass is 19.1. The van der Waals surface area contributed by atoms with Crippen LogP contribution in [0.4, 0.5) is 16.0 Å². The highest BCUT2D eigenvalue weighted by molar-refractivity contribution is 5.46. The third-order valence-corrected chi connectivity index (χ3v) is 2.70. The van der Waals surface area contributed by atoms with E-state index in [9.17, 15) is 4.39 Å². The first-order valence-corrected chi connectivity index (χ1v) is 6.31. The van der Waals surface area contributed by atoms with Gasteiger partial charge in [0.25, 0.3) is 0 Å². The van der Waals surface area contributed by atoms with E-state index in [0.717, 1.165) is 0 Å². The van der Waals surface area contributed by atoms with E-state index in [2.05, 4.69) is 20.6 Å². The van der Waals surface area contributed by atoms with Gasteiger partial charge >= 0.3 is 0 Å². The Labute approximate surface area is 117 Å². The lowest BCUT2D eigenvalue weighted by molar-refractivity contribution is 0.210. The number of nitrogens with one attached hydrogen (secondary N) is 2. The number of hydrogen-bond donors (Lipinski definition) is 2. The summed E-state index contributed by atoms with van der Waals surface area (Å²) >= 11 is 0. The Kier molecular flexibility index (Phi) is 5.25. The zero-order valence-corrected chi connectivity index (χ0v) is 11.3. The number of hydrogen-bond acceptors (Lipinski definition) is 5. The van der Waals surface area contributed by atoms with Gasteiger partial charge in [-0.3, -0.25) is 0 Å². The molecule has 0 saturated carbocycles. The third kappa shape index (κ3) is 4.17. The summed E-state index contributed by atoms with van der Waals surface area (Å²) in [5.74, 6) is 1.11. The molecule has 0 aliphatic carbocycles. The van der Waals surface area contributed by atoms with Crippen LogP contribution in [-0.4, -0.2) is 30.2 Å². The molecule has 1 aromatic carbocycles. The molecule has 2 aromatic rings. The van der Waals surface area contributed by atoms with Crippen LogP contribution in [-0.2, 0) is 11.3 Å². The highest BCUT2D eigenvalue weighted by Crippen LogP contribution is 2.12. The zero-order chi connectivity index (χ0) is 14.2. The van der Waals surface area contributed by atoms with Gasteiger partial charge in [0.2, 0.25) is 0 Å². The van der Waals surface area contributed by atoms with Crippen molar-refractivity contribution in [3.63, 3.8) is 0 Å². The fourth-order valence-electron chi connectivity index (χ4n) is 1.66. The number of benzene rings is 1. The van der Waals surface area contributed by atoms with Crippen molar-refractivity contribution in [3.05, 3.63) is 48.0 Å². The molecule has 0 spiro atoms. The molecule has 0 bridgehead atoms. The normalized spacial score (nSPS) is 10.3. The molecule has 0 unspecified atom stereocenters. The first-order chi connectivity index (χ1) is 9.79. The lowest BCUT2D eigenvalue weighted by atomic mass is 10.2. The van der Waals surface area contributed by atoms with Gasteiger partial charge in [-0.2, -0.15) is 0 Å². The summed E-state index contributed by atoms with van der Waals surface area (Å²) in [6.45, 7) is 1.64. The molecule has 0 aliphatic rings. The first kappa shape index (κ1) is 14.2. The Bertz CT molecular complexity index is 550. The van der Waals surface area contributed by atoms with Gasteiger partial charge in [0.05, 0.1) is 6.61 Å². The largest absolute Gasteiger partial charge is 0.383 e.